The number of phenols is 1. The van der Waals surface area contributed by atoms with Crippen LogP contribution in [-0.2, 0) is 9.53 Å². The van der Waals surface area contributed by atoms with Gasteiger partial charge in [0.2, 0.25) is 0 Å². The number of nitrogens with one attached hydrogen (secondary N) is 1. The fourth-order valence-electron chi connectivity index (χ4n) is 3.39. The SMILES string of the molecule is COC(CCC=O)c1oc2cnccc2c1Nc1ccc2c(O)cccc2c1. The van der Waals surface area contributed by atoms with E-state index in [0.29, 0.717) is 24.2 Å². The number of aldehydes is 1. The molecule has 0 bridgehead atoms. The van der Waals surface area contributed by atoms with Gasteiger partial charge < -0.3 is 24.4 Å². The lowest BCUT2D eigenvalue weighted by Crippen LogP contribution is -2.04. The van der Waals surface area contributed by atoms with Crippen molar-refractivity contribution in [2.75, 3.05) is 12.4 Å². The van der Waals surface area contributed by atoms with E-state index in [9.17, 15) is 9.90 Å². The maximum absolute atomic E-state index is 10.8. The molecule has 0 radical (unpaired) electrons. The maximum Gasteiger partial charge on any atom is 0.157 e. The van der Waals surface area contributed by atoms with Crippen LogP contribution in [0.25, 0.3) is 21.7 Å². The molecule has 4 rings (SSSR count). The summed E-state index contributed by atoms with van der Waals surface area (Å²) in [5.41, 5.74) is 2.28. The first-order chi connectivity index (χ1) is 13.7. The Hall–Kier alpha value is -3.38. The van der Waals surface area contributed by atoms with Crippen molar-refractivity contribution in [3.63, 3.8) is 0 Å². The summed E-state index contributed by atoms with van der Waals surface area (Å²) in [6.07, 6.45) is 4.78. The van der Waals surface area contributed by atoms with E-state index in [1.165, 1.54) is 0 Å². The van der Waals surface area contributed by atoms with E-state index in [-0.39, 0.29) is 11.9 Å². The number of nitrogens with zero attached hydrogens (tertiary/aromatic N) is 1. The standard InChI is InChI=1S/C22H20N2O4/c1-27-19(6-3-11-25)22-21(17-9-10-23-13-20(17)28-22)24-15-7-8-16-14(12-15)4-2-5-18(16)26/h2,4-5,7-13,19,24,26H,3,6H2,1H3. The summed E-state index contributed by atoms with van der Waals surface area (Å²) in [6.45, 7) is 0. The first kappa shape index (κ1) is 18.0. The number of ether oxygens (including phenoxy) is 1. The predicted octanol–water partition coefficient (Wildman–Crippen LogP) is 5.10. The molecule has 2 heterocycles. The number of aromatic nitrogens is 1. The highest BCUT2D eigenvalue weighted by atomic mass is 16.5. The largest absolute Gasteiger partial charge is 0.507 e. The van der Waals surface area contributed by atoms with Gasteiger partial charge in [-0.2, -0.15) is 0 Å². The Bertz CT molecular complexity index is 1140. The van der Waals surface area contributed by atoms with Crippen molar-refractivity contribution >= 4 is 39.4 Å². The number of hydrogen-bond donors (Lipinski definition) is 2. The molecule has 6 heteroatoms. The number of benzene rings is 2. The number of pyridine rings is 1. The highest BCUT2D eigenvalue weighted by Crippen LogP contribution is 2.39. The van der Waals surface area contributed by atoms with Gasteiger partial charge in [-0.1, -0.05) is 12.1 Å². The first-order valence-corrected chi connectivity index (χ1v) is 9.03. The first-order valence-electron chi connectivity index (χ1n) is 9.03. The van der Waals surface area contributed by atoms with Gasteiger partial charge in [-0.05, 0) is 42.1 Å². The van der Waals surface area contributed by atoms with Crippen LogP contribution in [0.1, 0.15) is 24.7 Å². The Morgan fingerprint density at radius 1 is 1.25 bits per heavy atom. The Balaban J connectivity index is 1.78. The number of aromatic hydroxyl groups is 1. The van der Waals surface area contributed by atoms with Gasteiger partial charge in [0, 0.05) is 36.2 Å². The molecule has 1 atom stereocenters. The molecular formula is C22H20N2O4. The van der Waals surface area contributed by atoms with Gasteiger partial charge in [0.15, 0.2) is 11.3 Å². The molecule has 2 N–H and O–H groups in total. The molecule has 0 spiro atoms. The van der Waals surface area contributed by atoms with Crippen LogP contribution >= 0.6 is 0 Å². The van der Waals surface area contributed by atoms with Crippen molar-refractivity contribution in [2.24, 2.45) is 0 Å². The maximum atomic E-state index is 10.8. The van der Waals surface area contributed by atoms with Crippen LogP contribution in [0.15, 0.2) is 59.3 Å². The molecule has 28 heavy (non-hydrogen) atoms. The van der Waals surface area contributed by atoms with E-state index in [2.05, 4.69) is 10.3 Å². The lowest BCUT2D eigenvalue weighted by Gasteiger charge is -2.15. The van der Waals surface area contributed by atoms with Gasteiger partial charge in [-0.25, -0.2) is 0 Å². The van der Waals surface area contributed by atoms with E-state index < -0.39 is 0 Å². The van der Waals surface area contributed by atoms with E-state index in [0.717, 1.165) is 33.8 Å². The fourth-order valence-corrected chi connectivity index (χ4v) is 3.39. The van der Waals surface area contributed by atoms with Crippen molar-refractivity contribution in [2.45, 2.75) is 18.9 Å². The third-order valence-electron chi connectivity index (χ3n) is 4.77. The van der Waals surface area contributed by atoms with Crippen LogP contribution in [-0.4, -0.2) is 23.5 Å². The summed E-state index contributed by atoms with van der Waals surface area (Å²) in [5, 5.41) is 16.0. The van der Waals surface area contributed by atoms with Crippen LogP contribution in [0.3, 0.4) is 0 Å². The van der Waals surface area contributed by atoms with E-state index in [4.69, 9.17) is 9.15 Å². The molecule has 6 nitrogen and oxygen atoms in total. The van der Waals surface area contributed by atoms with Gasteiger partial charge in [0.25, 0.3) is 0 Å². The zero-order valence-corrected chi connectivity index (χ0v) is 15.4. The van der Waals surface area contributed by atoms with E-state index >= 15 is 0 Å². The van der Waals surface area contributed by atoms with Crippen LogP contribution in [0.4, 0.5) is 11.4 Å². The van der Waals surface area contributed by atoms with E-state index in [1.807, 2.05) is 36.4 Å². The second-order valence-corrected chi connectivity index (χ2v) is 6.52. The number of rotatable bonds is 7. The molecule has 1 unspecified atom stereocenters. The molecule has 0 saturated heterocycles. The molecule has 0 aliphatic carbocycles. The normalized spacial score (nSPS) is 12.3. The highest BCUT2D eigenvalue weighted by molar-refractivity contribution is 5.96. The van der Waals surface area contributed by atoms with Crippen molar-refractivity contribution in [3.8, 4) is 5.75 Å². The number of carbonyl (C=O) groups excluding carboxylic acids is 1. The Morgan fingerprint density at radius 3 is 2.96 bits per heavy atom. The predicted molar refractivity (Wildman–Crippen MR) is 108 cm³/mol. The van der Waals surface area contributed by atoms with Gasteiger partial charge in [-0.3, -0.25) is 4.98 Å². The average molecular weight is 376 g/mol. The summed E-state index contributed by atoms with van der Waals surface area (Å²) in [6, 6.07) is 13.0. The molecule has 4 aromatic rings. The zero-order chi connectivity index (χ0) is 19.5. The fraction of sp³-hybridized carbons (Fsp3) is 0.182. The third kappa shape index (κ3) is 3.30. The summed E-state index contributed by atoms with van der Waals surface area (Å²) in [5.74, 6) is 0.876. The van der Waals surface area contributed by atoms with Gasteiger partial charge in [0.1, 0.15) is 18.1 Å². The van der Waals surface area contributed by atoms with Crippen molar-refractivity contribution in [1.82, 2.24) is 4.98 Å². The molecule has 2 aromatic heterocycles. The van der Waals surface area contributed by atoms with Crippen molar-refractivity contribution in [1.29, 1.82) is 0 Å². The highest BCUT2D eigenvalue weighted by Gasteiger charge is 2.23. The number of furan rings is 1. The smallest absolute Gasteiger partial charge is 0.157 e. The Morgan fingerprint density at radius 2 is 2.14 bits per heavy atom. The lowest BCUT2D eigenvalue weighted by molar-refractivity contribution is -0.108. The quantitative estimate of drug-likeness (QED) is 0.437. The molecule has 0 saturated carbocycles. The molecule has 0 amide bonds. The minimum absolute atomic E-state index is 0.248. The summed E-state index contributed by atoms with van der Waals surface area (Å²) in [7, 11) is 1.60. The topological polar surface area (TPSA) is 84.6 Å². The van der Waals surface area contributed by atoms with Gasteiger partial charge in [0.05, 0.1) is 11.9 Å². The van der Waals surface area contributed by atoms with E-state index in [1.54, 1.807) is 25.6 Å². The second-order valence-electron chi connectivity index (χ2n) is 6.52. The summed E-state index contributed by atoms with van der Waals surface area (Å²) in [4.78, 5) is 15.0. The summed E-state index contributed by atoms with van der Waals surface area (Å²) < 4.78 is 11.6. The number of phenolic OH excluding ortho intramolecular Hbond substituents is 1. The number of carbonyl (C=O) groups is 1. The second kappa shape index (κ2) is 7.70. The van der Waals surface area contributed by atoms with Crippen molar-refractivity contribution < 1.29 is 19.1 Å². The minimum atomic E-state index is -0.357. The van der Waals surface area contributed by atoms with Crippen LogP contribution in [0, 0.1) is 0 Å². The molecular weight excluding hydrogens is 356 g/mol. The van der Waals surface area contributed by atoms with Crippen LogP contribution in [0.5, 0.6) is 5.75 Å². The Labute approximate surface area is 161 Å². The van der Waals surface area contributed by atoms with Crippen molar-refractivity contribution in [3.05, 3.63) is 60.6 Å². The third-order valence-corrected chi connectivity index (χ3v) is 4.77. The molecule has 0 aliphatic heterocycles. The number of hydrogen-bond acceptors (Lipinski definition) is 6. The molecule has 2 aromatic carbocycles. The lowest BCUT2D eigenvalue weighted by atomic mass is 10.1. The number of methoxy groups -OCH3 is 1. The zero-order valence-electron chi connectivity index (χ0n) is 15.4. The average Bonchev–Trinajstić information content (AvgIpc) is 3.07. The number of fused-ring (bicyclic) bond motifs is 2. The molecule has 0 fully saturated rings. The number of anilines is 2. The summed E-state index contributed by atoms with van der Waals surface area (Å²) >= 11 is 0. The van der Waals surface area contributed by atoms with Gasteiger partial charge >= 0.3 is 0 Å². The minimum Gasteiger partial charge on any atom is -0.507 e. The van der Waals surface area contributed by atoms with Gasteiger partial charge in [-0.15, -0.1) is 0 Å². The monoisotopic (exact) mass is 376 g/mol. The van der Waals surface area contributed by atoms with Crippen LogP contribution < -0.4 is 5.32 Å². The Kier molecular flexibility index (Phi) is 4.95. The molecule has 142 valence electrons. The molecule has 0 aliphatic rings. The van der Waals surface area contributed by atoms with Crippen LogP contribution in [0.2, 0.25) is 0 Å².